The van der Waals surface area contributed by atoms with Crippen LogP contribution in [-0.2, 0) is 9.59 Å². The van der Waals surface area contributed by atoms with Gasteiger partial charge in [-0.1, -0.05) is 20.4 Å². The van der Waals surface area contributed by atoms with Crippen LogP contribution in [0, 0.1) is 11.8 Å². The van der Waals surface area contributed by atoms with Gasteiger partial charge in [-0.3, -0.25) is 9.59 Å². The summed E-state index contributed by atoms with van der Waals surface area (Å²) in [5.41, 5.74) is -4.39. The van der Waals surface area contributed by atoms with Crippen molar-refractivity contribution >= 4 is 11.8 Å². The van der Waals surface area contributed by atoms with Crippen molar-refractivity contribution in [2.75, 3.05) is 0 Å². The summed E-state index contributed by atoms with van der Waals surface area (Å²) in [6.45, 7) is 7.59. The molecule has 0 aromatic heterocycles. The molecule has 5 nitrogen and oxygen atoms in total. The lowest BCUT2D eigenvalue weighted by molar-refractivity contribution is -0.184. The van der Waals surface area contributed by atoms with Crippen LogP contribution in [0.2, 0.25) is 0 Å². The van der Waals surface area contributed by atoms with E-state index >= 15 is 0 Å². The highest BCUT2D eigenvalue weighted by Crippen LogP contribution is 2.48. The quantitative estimate of drug-likeness (QED) is 0.577. The predicted molar refractivity (Wildman–Crippen MR) is 55.7 cm³/mol. The van der Waals surface area contributed by atoms with E-state index in [0.29, 0.717) is 0 Å². The number of carboxylic acid groups (broad SMARTS) is 1. The zero-order valence-electron chi connectivity index (χ0n) is 9.52. The van der Waals surface area contributed by atoms with Crippen LogP contribution in [0.3, 0.4) is 0 Å². The van der Waals surface area contributed by atoms with Gasteiger partial charge in [-0.15, -0.1) is 0 Å². The van der Waals surface area contributed by atoms with E-state index in [1.165, 1.54) is 0 Å². The van der Waals surface area contributed by atoms with Crippen LogP contribution < -0.4 is 0 Å². The smallest absolute Gasteiger partial charge is 0.314 e. The fourth-order valence-electron chi connectivity index (χ4n) is 2.41. The molecular formula is C11H16O5. The molecule has 3 atom stereocenters. The van der Waals surface area contributed by atoms with E-state index in [0.717, 1.165) is 6.92 Å². The molecule has 16 heavy (non-hydrogen) atoms. The van der Waals surface area contributed by atoms with Gasteiger partial charge in [0.15, 0.2) is 11.4 Å². The number of Topliss-reactive ketones (excluding diaryl/α,β-unsaturated/α-hetero) is 1. The summed E-state index contributed by atoms with van der Waals surface area (Å²) in [5, 5.41) is 29.4. The predicted octanol–water partition coefficient (Wildman–Crippen LogP) is -0.0358. The minimum absolute atomic E-state index is 0.256. The van der Waals surface area contributed by atoms with E-state index < -0.39 is 34.8 Å². The number of rotatable bonds is 2. The minimum atomic E-state index is -2.11. The largest absolute Gasteiger partial charge is 0.481 e. The summed E-state index contributed by atoms with van der Waals surface area (Å²) >= 11 is 0. The van der Waals surface area contributed by atoms with E-state index in [2.05, 4.69) is 6.58 Å². The van der Waals surface area contributed by atoms with Crippen LogP contribution >= 0.6 is 0 Å². The van der Waals surface area contributed by atoms with Gasteiger partial charge in [0, 0.05) is 5.57 Å². The molecule has 1 fully saturated rings. The second-order valence-corrected chi connectivity index (χ2v) is 4.68. The van der Waals surface area contributed by atoms with E-state index in [4.69, 9.17) is 5.11 Å². The highest BCUT2D eigenvalue weighted by molar-refractivity contribution is 6.10. The number of hydrogen-bond donors (Lipinski definition) is 3. The second-order valence-electron chi connectivity index (χ2n) is 4.68. The van der Waals surface area contributed by atoms with Gasteiger partial charge in [-0.25, -0.2) is 0 Å². The van der Waals surface area contributed by atoms with Crippen molar-refractivity contribution in [2.45, 2.75) is 32.0 Å². The van der Waals surface area contributed by atoms with Crippen molar-refractivity contribution in [3.05, 3.63) is 12.2 Å². The molecule has 0 aromatic carbocycles. The second kappa shape index (κ2) is 3.40. The highest BCUT2D eigenvalue weighted by atomic mass is 16.4. The number of carbonyl (C=O) groups excluding carboxylic acids is 1. The van der Waals surface area contributed by atoms with Crippen LogP contribution in [0.5, 0.6) is 0 Å². The van der Waals surface area contributed by atoms with Crippen molar-refractivity contribution in [3.63, 3.8) is 0 Å². The Morgan fingerprint density at radius 3 is 2.12 bits per heavy atom. The molecule has 0 bridgehead atoms. The van der Waals surface area contributed by atoms with Gasteiger partial charge in [0.2, 0.25) is 0 Å². The Hall–Kier alpha value is -1.20. The first-order chi connectivity index (χ1) is 7.08. The molecule has 5 heteroatoms. The van der Waals surface area contributed by atoms with E-state index in [1.807, 2.05) is 0 Å². The van der Waals surface area contributed by atoms with Gasteiger partial charge in [-0.05, 0) is 12.8 Å². The van der Waals surface area contributed by atoms with Gasteiger partial charge >= 0.3 is 5.97 Å². The maximum atomic E-state index is 11.7. The normalized spacial score (nSPS) is 39.5. The van der Waals surface area contributed by atoms with Gasteiger partial charge in [0.25, 0.3) is 0 Å². The molecule has 0 radical (unpaired) electrons. The third-order valence-electron chi connectivity index (χ3n) is 3.43. The van der Waals surface area contributed by atoms with Crippen molar-refractivity contribution < 1.29 is 24.9 Å². The topological polar surface area (TPSA) is 94.8 Å². The Balaban J connectivity index is 3.46. The molecule has 0 saturated heterocycles. The summed E-state index contributed by atoms with van der Waals surface area (Å²) in [7, 11) is 0. The summed E-state index contributed by atoms with van der Waals surface area (Å²) in [6.07, 6.45) is 0. The summed E-state index contributed by atoms with van der Waals surface area (Å²) in [5.74, 6) is -4.22. The SMILES string of the molecule is C=C1C(=O)[C@](C)(O)[C@@](O)(C(C)C)[C@H]1C(=O)O. The number of carboxylic acids is 1. The van der Waals surface area contributed by atoms with Crippen LogP contribution in [0.1, 0.15) is 20.8 Å². The number of carbonyl (C=O) groups is 2. The third-order valence-corrected chi connectivity index (χ3v) is 3.43. The average Bonchev–Trinajstić information content (AvgIpc) is 2.26. The van der Waals surface area contributed by atoms with Gasteiger partial charge in [-0.2, -0.15) is 0 Å². The van der Waals surface area contributed by atoms with Crippen LogP contribution in [-0.4, -0.2) is 38.3 Å². The Labute approximate surface area is 93.4 Å². The monoisotopic (exact) mass is 228 g/mol. The molecule has 0 unspecified atom stereocenters. The van der Waals surface area contributed by atoms with Crippen LogP contribution in [0.4, 0.5) is 0 Å². The first-order valence-electron chi connectivity index (χ1n) is 4.99. The maximum absolute atomic E-state index is 11.7. The van der Waals surface area contributed by atoms with Crippen molar-refractivity contribution in [1.29, 1.82) is 0 Å². The lowest BCUT2D eigenvalue weighted by Crippen LogP contribution is -2.59. The van der Waals surface area contributed by atoms with Crippen molar-refractivity contribution in [1.82, 2.24) is 0 Å². The highest BCUT2D eigenvalue weighted by Gasteiger charge is 2.67. The van der Waals surface area contributed by atoms with E-state index in [-0.39, 0.29) is 5.57 Å². The fraction of sp³-hybridized carbons (Fsp3) is 0.636. The molecular weight excluding hydrogens is 212 g/mol. The molecule has 3 N–H and O–H groups in total. The van der Waals surface area contributed by atoms with Gasteiger partial charge in [0.1, 0.15) is 11.5 Å². The van der Waals surface area contributed by atoms with Crippen LogP contribution in [0.15, 0.2) is 12.2 Å². The van der Waals surface area contributed by atoms with Gasteiger partial charge in [0.05, 0.1) is 0 Å². The summed E-state index contributed by atoms with van der Waals surface area (Å²) in [6, 6.07) is 0. The Morgan fingerprint density at radius 2 is 1.88 bits per heavy atom. The number of aliphatic hydroxyl groups is 2. The first-order valence-corrected chi connectivity index (χ1v) is 4.99. The minimum Gasteiger partial charge on any atom is -0.481 e. The molecule has 1 rings (SSSR count). The molecule has 0 aliphatic heterocycles. The van der Waals surface area contributed by atoms with Crippen molar-refractivity contribution in [3.8, 4) is 0 Å². The van der Waals surface area contributed by atoms with Gasteiger partial charge < -0.3 is 15.3 Å². The molecule has 90 valence electrons. The number of ketones is 1. The molecule has 1 saturated carbocycles. The number of aliphatic carboxylic acids is 1. The molecule has 0 amide bonds. The molecule has 0 spiro atoms. The van der Waals surface area contributed by atoms with E-state index in [1.54, 1.807) is 13.8 Å². The average molecular weight is 228 g/mol. The molecule has 0 aromatic rings. The zero-order chi connectivity index (χ0) is 12.9. The Bertz CT molecular complexity index is 369. The van der Waals surface area contributed by atoms with Crippen molar-refractivity contribution in [2.24, 2.45) is 11.8 Å². The lowest BCUT2D eigenvalue weighted by Gasteiger charge is -2.39. The first kappa shape index (κ1) is 12.9. The maximum Gasteiger partial charge on any atom is 0.314 e. The van der Waals surface area contributed by atoms with E-state index in [9.17, 15) is 19.8 Å². The zero-order valence-corrected chi connectivity index (χ0v) is 9.52. The third kappa shape index (κ3) is 1.25. The summed E-state index contributed by atoms with van der Waals surface area (Å²) < 4.78 is 0. The fourth-order valence-corrected chi connectivity index (χ4v) is 2.41. The lowest BCUT2D eigenvalue weighted by atomic mass is 9.73. The van der Waals surface area contributed by atoms with Crippen LogP contribution in [0.25, 0.3) is 0 Å². The molecule has 1 aliphatic carbocycles. The number of hydrogen-bond acceptors (Lipinski definition) is 4. The summed E-state index contributed by atoms with van der Waals surface area (Å²) in [4.78, 5) is 22.8. The Morgan fingerprint density at radius 1 is 1.44 bits per heavy atom. The molecule has 1 aliphatic rings. The molecule has 0 heterocycles. The Kier molecular flexibility index (Phi) is 2.73. The standard InChI is InChI=1S/C11H16O5/c1-5(2)11(16)7(9(13)14)6(3)8(12)10(11,4)15/h5,7,15-16H,3H2,1-2,4H3,(H,13,14)/t7-,10+,11-/m1/s1.